The molecule has 1 N–H and O–H groups in total. The van der Waals surface area contributed by atoms with Crippen LogP contribution in [0, 0.1) is 0 Å². The Morgan fingerprint density at radius 2 is 2.14 bits per heavy atom. The van der Waals surface area contributed by atoms with Gasteiger partial charge in [-0.25, -0.2) is 4.79 Å². The van der Waals surface area contributed by atoms with Crippen LogP contribution in [0.15, 0.2) is 6.07 Å². The number of carboxylic acid groups (broad SMARTS) is 1. The topological polar surface area (TPSA) is 71.8 Å². The first-order valence-electron chi connectivity index (χ1n) is 7.39. The number of amides is 1. The van der Waals surface area contributed by atoms with E-state index >= 15 is 0 Å². The molecule has 3 heterocycles. The van der Waals surface area contributed by atoms with Crippen LogP contribution in [-0.2, 0) is 17.7 Å². The van der Waals surface area contributed by atoms with Crippen LogP contribution in [0.2, 0.25) is 0 Å². The molecule has 0 aromatic carbocycles. The normalized spacial score (nSPS) is 21.4. The van der Waals surface area contributed by atoms with Crippen LogP contribution in [0.3, 0.4) is 0 Å². The van der Waals surface area contributed by atoms with Crippen LogP contribution in [0.4, 0.5) is 0 Å². The summed E-state index contributed by atoms with van der Waals surface area (Å²) in [6, 6.07) is 1.55. The van der Waals surface area contributed by atoms with Crippen LogP contribution in [0.25, 0.3) is 0 Å². The summed E-state index contributed by atoms with van der Waals surface area (Å²) < 4.78 is 7.19. The van der Waals surface area contributed by atoms with Crippen LogP contribution >= 0.6 is 0 Å². The second-order valence-corrected chi connectivity index (χ2v) is 5.70. The van der Waals surface area contributed by atoms with Crippen molar-refractivity contribution in [2.45, 2.75) is 38.3 Å². The number of methoxy groups -OCH3 is 1. The molecule has 21 heavy (non-hydrogen) atoms. The number of hydrogen-bond donors (Lipinski definition) is 1. The predicted molar refractivity (Wildman–Crippen MR) is 75.6 cm³/mol. The quantitative estimate of drug-likeness (QED) is 0.913. The molecule has 1 atom stereocenters. The Balaban J connectivity index is 1.91. The Morgan fingerprint density at radius 1 is 1.33 bits per heavy atom. The summed E-state index contributed by atoms with van der Waals surface area (Å²) in [5.41, 5.74) is 1.58. The monoisotopic (exact) mass is 292 g/mol. The van der Waals surface area contributed by atoms with Crippen molar-refractivity contribution in [1.29, 1.82) is 0 Å². The minimum absolute atomic E-state index is 0.0785. The number of hydrogen-bond acceptors (Lipinski definition) is 3. The molecule has 1 fully saturated rings. The summed E-state index contributed by atoms with van der Waals surface area (Å²) in [5.74, 6) is -1.03. The highest BCUT2D eigenvalue weighted by atomic mass is 16.5. The Morgan fingerprint density at radius 3 is 2.81 bits per heavy atom. The van der Waals surface area contributed by atoms with Gasteiger partial charge < -0.3 is 19.3 Å². The number of aromatic carboxylic acids is 1. The zero-order valence-corrected chi connectivity index (χ0v) is 12.2. The first-order valence-corrected chi connectivity index (χ1v) is 7.39. The van der Waals surface area contributed by atoms with Crippen molar-refractivity contribution in [3.8, 4) is 0 Å². The second-order valence-electron chi connectivity index (χ2n) is 5.70. The van der Waals surface area contributed by atoms with Gasteiger partial charge in [0.15, 0.2) is 0 Å². The average Bonchev–Trinajstić information content (AvgIpc) is 3.11. The van der Waals surface area contributed by atoms with E-state index in [1.165, 1.54) is 0 Å². The van der Waals surface area contributed by atoms with Gasteiger partial charge in [0, 0.05) is 32.4 Å². The van der Waals surface area contributed by atoms with E-state index < -0.39 is 5.97 Å². The first-order chi connectivity index (χ1) is 10.1. The Hall–Kier alpha value is -1.82. The van der Waals surface area contributed by atoms with E-state index in [2.05, 4.69) is 0 Å². The number of fused-ring (bicyclic) bond motifs is 1. The third kappa shape index (κ3) is 2.44. The molecule has 1 amide bonds. The van der Waals surface area contributed by atoms with E-state index in [1.807, 2.05) is 4.57 Å². The molecule has 0 bridgehead atoms. The number of likely N-dealkylation sites (tertiary alicyclic amines) is 1. The molecule has 1 saturated heterocycles. The van der Waals surface area contributed by atoms with Gasteiger partial charge in [-0.15, -0.1) is 0 Å². The van der Waals surface area contributed by atoms with Gasteiger partial charge >= 0.3 is 5.97 Å². The summed E-state index contributed by atoms with van der Waals surface area (Å²) in [6.45, 7) is 1.98. The number of carbonyl (C=O) groups is 2. The van der Waals surface area contributed by atoms with Crippen LogP contribution < -0.4 is 0 Å². The molecule has 1 aromatic rings. The molecule has 1 aromatic heterocycles. The number of ether oxygens (including phenoxy) is 1. The molecule has 0 spiro atoms. The van der Waals surface area contributed by atoms with E-state index in [-0.39, 0.29) is 17.6 Å². The largest absolute Gasteiger partial charge is 0.478 e. The van der Waals surface area contributed by atoms with E-state index in [0.717, 1.165) is 37.9 Å². The Kier molecular flexibility index (Phi) is 3.71. The summed E-state index contributed by atoms with van der Waals surface area (Å²) in [6.07, 6.45) is 3.62. The van der Waals surface area contributed by atoms with Gasteiger partial charge in [0.1, 0.15) is 5.69 Å². The maximum atomic E-state index is 12.7. The van der Waals surface area contributed by atoms with E-state index in [4.69, 9.17) is 4.74 Å². The van der Waals surface area contributed by atoms with Crippen LogP contribution in [-0.4, -0.2) is 52.8 Å². The smallest absolute Gasteiger partial charge is 0.337 e. The number of carboxylic acids is 1. The molecule has 114 valence electrons. The fourth-order valence-corrected chi connectivity index (χ4v) is 3.31. The molecule has 6 heteroatoms. The van der Waals surface area contributed by atoms with Crippen molar-refractivity contribution < 1.29 is 19.4 Å². The maximum absolute atomic E-state index is 12.7. The zero-order chi connectivity index (χ0) is 15.0. The molecule has 0 radical (unpaired) electrons. The molecule has 3 rings (SSSR count). The third-order valence-corrected chi connectivity index (χ3v) is 4.47. The van der Waals surface area contributed by atoms with Gasteiger partial charge in [-0.2, -0.15) is 0 Å². The summed E-state index contributed by atoms with van der Waals surface area (Å²) in [5, 5.41) is 9.32. The summed E-state index contributed by atoms with van der Waals surface area (Å²) >= 11 is 0. The number of carbonyl (C=O) groups excluding carboxylic acids is 1. The van der Waals surface area contributed by atoms with Gasteiger partial charge in [0.05, 0.1) is 11.7 Å². The minimum atomic E-state index is -0.948. The van der Waals surface area contributed by atoms with Crippen LogP contribution in [0.5, 0.6) is 0 Å². The maximum Gasteiger partial charge on any atom is 0.337 e. The van der Waals surface area contributed by atoms with Crippen molar-refractivity contribution in [2.24, 2.45) is 0 Å². The van der Waals surface area contributed by atoms with Gasteiger partial charge in [0.2, 0.25) is 0 Å². The number of aromatic nitrogens is 1. The lowest BCUT2D eigenvalue weighted by molar-refractivity contribution is 0.0694. The van der Waals surface area contributed by atoms with Gasteiger partial charge in [-0.05, 0) is 31.7 Å². The SMILES string of the molecule is CO[C@@H]1CCN(C(=O)c2cc(C(=O)O)c3n2CCCC3)C1. The standard InChI is InChI=1S/C15H20N2O4/c1-21-10-5-7-16(9-10)14(18)13-8-11(15(19)20)12-4-2-3-6-17(12)13/h8,10H,2-7,9H2,1H3,(H,19,20)/t10-/m1/s1. The highest BCUT2D eigenvalue weighted by molar-refractivity contribution is 5.98. The van der Waals surface area contributed by atoms with E-state index in [0.29, 0.717) is 18.8 Å². The molecule has 6 nitrogen and oxygen atoms in total. The molecule has 0 aliphatic carbocycles. The molecule has 2 aliphatic rings. The minimum Gasteiger partial charge on any atom is -0.478 e. The first kappa shape index (κ1) is 14.1. The Bertz CT molecular complexity index is 578. The molecular weight excluding hydrogens is 272 g/mol. The van der Waals surface area contributed by atoms with Gasteiger partial charge in [0.25, 0.3) is 5.91 Å². The number of nitrogens with zero attached hydrogens (tertiary/aromatic N) is 2. The molecular formula is C15H20N2O4. The average molecular weight is 292 g/mol. The lowest BCUT2D eigenvalue weighted by atomic mass is 10.1. The summed E-state index contributed by atoms with van der Waals surface area (Å²) in [7, 11) is 1.65. The number of rotatable bonds is 3. The van der Waals surface area contributed by atoms with Crippen molar-refractivity contribution in [1.82, 2.24) is 9.47 Å². The fraction of sp³-hybridized carbons (Fsp3) is 0.600. The van der Waals surface area contributed by atoms with Crippen molar-refractivity contribution >= 4 is 11.9 Å². The lowest BCUT2D eigenvalue weighted by Gasteiger charge is -2.21. The van der Waals surface area contributed by atoms with Crippen molar-refractivity contribution in [3.05, 3.63) is 23.0 Å². The molecule has 2 aliphatic heterocycles. The van der Waals surface area contributed by atoms with Crippen molar-refractivity contribution in [3.63, 3.8) is 0 Å². The molecule has 0 saturated carbocycles. The van der Waals surface area contributed by atoms with E-state index in [1.54, 1.807) is 18.1 Å². The third-order valence-electron chi connectivity index (χ3n) is 4.47. The van der Waals surface area contributed by atoms with E-state index in [9.17, 15) is 14.7 Å². The highest BCUT2D eigenvalue weighted by Crippen LogP contribution is 2.26. The lowest BCUT2D eigenvalue weighted by Crippen LogP contribution is -2.32. The fourth-order valence-electron chi connectivity index (χ4n) is 3.31. The summed E-state index contributed by atoms with van der Waals surface area (Å²) in [4.78, 5) is 25.8. The second kappa shape index (κ2) is 5.52. The predicted octanol–water partition coefficient (Wildman–Crippen LogP) is 1.38. The van der Waals surface area contributed by atoms with Gasteiger partial charge in [-0.3, -0.25) is 4.79 Å². The van der Waals surface area contributed by atoms with Crippen LogP contribution in [0.1, 0.15) is 45.8 Å². The van der Waals surface area contributed by atoms with Crippen molar-refractivity contribution in [2.75, 3.05) is 20.2 Å². The zero-order valence-electron chi connectivity index (χ0n) is 12.2. The highest BCUT2D eigenvalue weighted by Gasteiger charge is 2.31. The van der Waals surface area contributed by atoms with Gasteiger partial charge in [-0.1, -0.05) is 0 Å². The Labute approximate surface area is 123 Å². The molecule has 0 unspecified atom stereocenters.